The van der Waals surface area contributed by atoms with Gasteiger partial charge in [-0.15, -0.1) is 0 Å². The van der Waals surface area contributed by atoms with Crippen molar-refractivity contribution in [1.29, 1.82) is 0 Å². The number of ether oxygens (including phenoxy) is 2. The average molecular weight is 677 g/mol. The summed E-state index contributed by atoms with van der Waals surface area (Å²) in [7, 11) is 3.16. The molecule has 4 N–H and O–H groups in total. The van der Waals surface area contributed by atoms with Crippen molar-refractivity contribution in [3.8, 4) is 11.5 Å². The maximum absolute atomic E-state index is 13.3. The van der Waals surface area contributed by atoms with Gasteiger partial charge in [0.2, 0.25) is 11.8 Å². The van der Waals surface area contributed by atoms with Crippen LogP contribution in [0.2, 0.25) is 0 Å². The Morgan fingerprint density at radius 3 is 1.04 bits per heavy atom. The Kier molecular flexibility index (Phi) is 14.3. The summed E-state index contributed by atoms with van der Waals surface area (Å²) in [4.78, 5) is 51.1. The molecule has 0 aromatic heterocycles. The summed E-state index contributed by atoms with van der Waals surface area (Å²) in [6, 6.07) is 24.3. The van der Waals surface area contributed by atoms with Gasteiger partial charge in [0.1, 0.15) is 11.5 Å². The molecule has 0 saturated carbocycles. The molecule has 262 valence electrons. The van der Waals surface area contributed by atoms with Crippen molar-refractivity contribution in [1.82, 2.24) is 0 Å². The van der Waals surface area contributed by atoms with E-state index in [1.807, 2.05) is 0 Å². The zero-order chi connectivity index (χ0) is 35.9. The van der Waals surface area contributed by atoms with Crippen LogP contribution in [0.3, 0.4) is 0 Å². The van der Waals surface area contributed by atoms with E-state index < -0.39 is 11.8 Å². The van der Waals surface area contributed by atoms with Crippen LogP contribution in [0, 0.1) is 0 Å². The van der Waals surface area contributed by atoms with E-state index in [1.54, 1.807) is 99.1 Å². The highest BCUT2D eigenvalue weighted by Crippen LogP contribution is 2.25. The molecule has 0 fully saturated rings. The Labute approximate surface area is 295 Å². The molecule has 4 rings (SSSR count). The van der Waals surface area contributed by atoms with Gasteiger partial charge in [0.25, 0.3) is 0 Å². The standard InChI is InChI=1S/C42H48N2O6/c1-49-31-25-21-29(22-26-31)39(45)35-17-13-19-37(41(43)47)33(35)15-11-9-7-5-3-4-6-8-10-12-16-34-36(18-14-20-38(34)42(44)48)40(46)30-23-27-32(50-2)28-24-30/h13-14,17-28H,3-12,15-16H2,1-2H3,(H2,43,47)(H2,44,48). The summed E-state index contributed by atoms with van der Waals surface area (Å²) >= 11 is 0. The van der Waals surface area contributed by atoms with E-state index in [9.17, 15) is 19.2 Å². The van der Waals surface area contributed by atoms with E-state index in [1.165, 1.54) is 0 Å². The SMILES string of the molecule is COc1ccc(C(=O)c2cccc(C(N)=O)c2CCCCCCCCCCCCc2c(C(N)=O)cccc2C(=O)c2ccc(OC)cc2)cc1. The highest BCUT2D eigenvalue weighted by Gasteiger charge is 2.20. The minimum Gasteiger partial charge on any atom is -0.497 e. The van der Waals surface area contributed by atoms with Crippen LogP contribution in [0.1, 0.15) is 128 Å². The predicted molar refractivity (Wildman–Crippen MR) is 196 cm³/mol. The highest BCUT2D eigenvalue weighted by molar-refractivity contribution is 6.12. The average Bonchev–Trinajstić information content (AvgIpc) is 3.14. The fourth-order valence-corrected chi connectivity index (χ4v) is 6.41. The number of hydrogen-bond acceptors (Lipinski definition) is 6. The van der Waals surface area contributed by atoms with Gasteiger partial charge in [-0.3, -0.25) is 19.2 Å². The summed E-state index contributed by atoms with van der Waals surface area (Å²) in [5.74, 6) is 0.0269. The molecule has 0 aliphatic rings. The molecule has 0 bridgehead atoms. The first-order chi connectivity index (χ1) is 24.2. The zero-order valence-electron chi connectivity index (χ0n) is 29.2. The first kappa shape index (κ1) is 37.6. The van der Waals surface area contributed by atoms with Crippen LogP contribution in [-0.2, 0) is 12.8 Å². The van der Waals surface area contributed by atoms with Crippen molar-refractivity contribution in [3.63, 3.8) is 0 Å². The minimum absolute atomic E-state index is 0.134. The number of amides is 2. The summed E-state index contributed by atoms with van der Waals surface area (Å²) in [6.45, 7) is 0. The quantitative estimate of drug-likeness (QED) is 0.0676. The Bertz CT molecular complexity index is 1630. The van der Waals surface area contributed by atoms with Crippen LogP contribution < -0.4 is 20.9 Å². The first-order valence-corrected chi connectivity index (χ1v) is 17.5. The van der Waals surface area contributed by atoms with Gasteiger partial charge in [-0.25, -0.2) is 0 Å². The topological polar surface area (TPSA) is 139 Å². The molecule has 0 aliphatic carbocycles. The smallest absolute Gasteiger partial charge is 0.249 e. The lowest BCUT2D eigenvalue weighted by Crippen LogP contribution is -2.17. The van der Waals surface area contributed by atoms with E-state index in [2.05, 4.69) is 0 Å². The number of hydrogen-bond donors (Lipinski definition) is 2. The van der Waals surface area contributed by atoms with Crippen LogP contribution in [0.4, 0.5) is 0 Å². The van der Waals surface area contributed by atoms with Crippen LogP contribution in [-0.4, -0.2) is 37.6 Å². The van der Waals surface area contributed by atoms with Gasteiger partial charge in [0.05, 0.1) is 14.2 Å². The van der Waals surface area contributed by atoms with Gasteiger partial charge < -0.3 is 20.9 Å². The van der Waals surface area contributed by atoms with E-state index in [0.29, 0.717) is 57.7 Å². The first-order valence-electron chi connectivity index (χ1n) is 17.5. The molecule has 0 unspecified atom stereocenters. The minimum atomic E-state index is -0.524. The zero-order valence-corrected chi connectivity index (χ0v) is 29.2. The molecule has 4 aromatic rings. The van der Waals surface area contributed by atoms with Crippen molar-refractivity contribution in [2.75, 3.05) is 14.2 Å². The highest BCUT2D eigenvalue weighted by atomic mass is 16.5. The Morgan fingerprint density at radius 2 is 0.740 bits per heavy atom. The van der Waals surface area contributed by atoms with Crippen LogP contribution in [0.25, 0.3) is 0 Å². The summed E-state index contributed by atoms with van der Waals surface area (Å²) in [6.07, 6.45) is 11.6. The van der Waals surface area contributed by atoms with Crippen LogP contribution in [0.15, 0.2) is 84.9 Å². The summed E-state index contributed by atoms with van der Waals surface area (Å²) < 4.78 is 10.4. The number of ketones is 2. The number of primary amides is 2. The molecule has 8 nitrogen and oxygen atoms in total. The monoisotopic (exact) mass is 676 g/mol. The van der Waals surface area contributed by atoms with Crippen molar-refractivity contribution >= 4 is 23.4 Å². The number of rotatable bonds is 21. The maximum atomic E-state index is 13.3. The van der Waals surface area contributed by atoms with Crippen molar-refractivity contribution < 1.29 is 28.7 Å². The third-order valence-corrected chi connectivity index (χ3v) is 9.18. The third-order valence-electron chi connectivity index (χ3n) is 9.18. The number of benzene rings is 4. The number of nitrogens with two attached hydrogens (primary N) is 2. The lowest BCUT2D eigenvalue weighted by Gasteiger charge is -2.13. The second kappa shape index (κ2) is 19.1. The van der Waals surface area contributed by atoms with Crippen molar-refractivity contribution in [3.05, 3.63) is 129 Å². The van der Waals surface area contributed by atoms with Crippen LogP contribution in [0.5, 0.6) is 11.5 Å². The van der Waals surface area contributed by atoms with Gasteiger partial charge in [-0.05, 0) is 97.5 Å². The van der Waals surface area contributed by atoms with Gasteiger partial charge >= 0.3 is 0 Å². The van der Waals surface area contributed by atoms with E-state index in [4.69, 9.17) is 20.9 Å². The molecule has 0 spiro atoms. The molecule has 0 aliphatic heterocycles. The van der Waals surface area contributed by atoms with Gasteiger partial charge in [-0.1, -0.05) is 75.6 Å². The molecular formula is C42H48N2O6. The molecule has 0 radical (unpaired) electrons. The van der Waals surface area contributed by atoms with Gasteiger partial charge in [-0.2, -0.15) is 0 Å². The number of carbonyl (C=O) groups is 4. The fourth-order valence-electron chi connectivity index (χ4n) is 6.41. The Morgan fingerprint density at radius 1 is 0.440 bits per heavy atom. The molecule has 0 heterocycles. The number of methoxy groups -OCH3 is 2. The number of carbonyl (C=O) groups excluding carboxylic acids is 4. The summed E-state index contributed by atoms with van der Waals surface area (Å²) in [5.41, 5.74) is 15.7. The lowest BCUT2D eigenvalue weighted by atomic mass is 9.90. The molecule has 2 amide bonds. The second-order valence-electron chi connectivity index (χ2n) is 12.5. The molecule has 50 heavy (non-hydrogen) atoms. The van der Waals surface area contributed by atoms with Gasteiger partial charge in [0.15, 0.2) is 11.6 Å². The fraction of sp³-hybridized carbons (Fsp3) is 0.333. The normalized spacial score (nSPS) is 10.8. The number of unbranched alkanes of at least 4 members (excludes halogenated alkanes) is 9. The molecule has 8 heteroatoms. The van der Waals surface area contributed by atoms with E-state index in [0.717, 1.165) is 75.3 Å². The Hall–Kier alpha value is -5.24. The largest absolute Gasteiger partial charge is 0.497 e. The second-order valence-corrected chi connectivity index (χ2v) is 12.5. The molecule has 0 atom stereocenters. The van der Waals surface area contributed by atoms with Crippen molar-refractivity contribution in [2.45, 2.75) is 77.0 Å². The molecular weight excluding hydrogens is 628 g/mol. The Balaban J connectivity index is 1.18. The van der Waals surface area contributed by atoms with Crippen molar-refractivity contribution in [2.24, 2.45) is 11.5 Å². The molecule has 0 saturated heterocycles. The van der Waals surface area contributed by atoms with Gasteiger partial charge in [0, 0.05) is 33.4 Å². The predicted octanol–water partition coefficient (Wildman–Crippen LogP) is 8.05. The third kappa shape index (κ3) is 10.1. The van der Waals surface area contributed by atoms with E-state index in [-0.39, 0.29) is 11.6 Å². The lowest BCUT2D eigenvalue weighted by molar-refractivity contribution is 0.0989. The summed E-state index contributed by atoms with van der Waals surface area (Å²) in [5, 5.41) is 0. The molecule has 4 aromatic carbocycles. The van der Waals surface area contributed by atoms with Crippen LogP contribution >= 0.6 is 0 Å². The van der Waals surface area contributed by atoms with E-state index >= 15 is 0 Å². The maximum Gasteiger partial charge on any atom is 0.249 e.